The maximum Gasteiger partial charge on any atom is 0.404 e. The van der Waals surface area contributed by atoms with Gasteiger partial charge in [0.1, 0.15) is 19.3 Å². The summed E-state index contributed by atoms with van der Waals surface area (Å²) >= 11 is 0. The minimum Gasteiger partial charge on any atom is -0.447 e. The Kier molecular flexibility index (Phi) is 8.45. The number of fused-ring (bicyclic) bond motifs is 1. The molecular formula is C25H29N3O8. The van der Waals surface area contributed by atoms with Crippen molar-refractivity contribution >= 4 is 29.7 Å². The predicted octanol–water partition coefficient (Wildman–Crippen LogP) is 0.983. The van der Waals surface area contributed by atoms with Crippen LogP contribution in [0.1, 0.15) is 59.9 Å². The summed E-state index contributed by atoms with van der Waals surface area (Å²) in [6.45, 7) is 6.52. The van der Waals surface area contributed by atoms with Crippen LogP contribution in [0.5, 0.6) is 0 Å². The number of primary amides is 1. The van der Waals surface area contributed by atoms with E-state index in [1.807, 2.05) is 20.8 Å². The van der Waals surface area contributed by atoms with E-state index in [-0.39, 0.29) is 61.9 Å². The summed E-state index contributed by atoms with van der Waals surface area (Å²) in [4.78, 5) is 60.9. The molecule has 0 saturated carbocycles. The molecule has 5 amide bonds. The fourth-order valence-electron chi connectivity index (χ4n) is 3.77. The van der Waals surface area contributed by atoms with Crippen LogP contribution >= 0.6 is 0 Å². The zero-order valence-electron chi connectivity index (χ0n) is 20.4. The standard InChI is InChI=1S/C25H29N3O8/c1-25(2,3)19(14-36-24(26)33)35-12-11-34-10-4-5-15-6-7-16-17(13-15)23(32)28(22(16)31)18-8-9-20(29)27-21(18)30/h6-7,13,18-19H,8-12,14H2,1-3H3,(H2,26,33)(H,27,29,30). The van der Waals surface area contributed by atoms with Gasteiger partial charge in [0.25, 0.3) is 11.8 Å². The summed E-state index contributed by atoms with van der Waals surface area (Å²) in [6, 6.07) is 3.60. The molecule has 2 aliphatic heterocycles. The molecule has 1 aromatic carbocycles. The highest BCUT2D eigenvalue weighted by Crippen LogP contribution is 2.28. The van der Waals surface area contributed by atoms with E-state index >= 15 is 0 Å². The first-order valence-electron chi connectivity index (χ1n) is 11.4. The molecule has 0 radical (unpaired) electrons. The first kappa shape index (κ1) is 26.8. The van der Waals surface area contributed by atoms with Gasteiger partial charge < -0.3 is 19.9 Å². The van der Waals surface area contributed by atoms with E-state index in [0.29, 0.717) is 5.56 Å². The van der Waals surface area contributed by atoms with Crippen molar-refractivity contribution in [2.45, 2.75) is 45.8 Å². The number of nitrogens with one attached hydrogen (secondary N) is 1. The third-order valence-electron chi connectivity index (χ3n) is 5.74. The van der Waals surface area contributed by atoms with E-state index in [4.69, 9.17) is 19.9 Å². The maximum atomic E-state index is 12.9. The first-order chi connectivity index (χ1) is 17.0. The summed E-state index contributed by atoms with van der Waals surface area (Å²) in [7, 11) is 0. The molecular weight excluding hydrogens is 470 g/mol. The van der Waals surface area contributed by atoms with Gasteiger partial charge in [-0.1, -0.05) is 32.6 Å². The fraction of sp³-hybridized carbons (Fsp3) is 0.480. The summed E-state index contributed by atoms with van der Waals surface area (Å²) in [5, 5.41) is 2.16. The monoisotopic (exact) mass is 499 g/mol. The molecule has 3 rings (SSSR count). The summed E-state index contributed by atoms with van der Waals surface area (Å²) in [6.07, 6.45) is -1.06. The molecule has 0 bridgehead atoms. The van der Waals surface area contributed by atoms with Crippen LogP contribution in [0, 0.1) is 17.3 Å². The van der Waals surface area contributed by atoms with Crippen LogP contribution < -0.4 is 11.1 Å². The highest BCUT2D eigenvalue weighted by Gasteiger charge is 2.44. The van der Waals surface area contributed by atoms with E-state index in [1.54, 1.807) is 6.07 Å². The Labute approximate surface area is 208 Å². The number of nitrogens with two attached hydrogens (primary N) is 1. The van der Waals surface area contributed by atoms with Crippen molar-refractivity contribution < 1.29 is 38.2 Å². The average molecular weight is 500 g/mol. The third-order valence-corrected chi connectivity index (χ3v) is 5.74. The van der Waals surface area contributed by atoms with Crippen LogP contribution in [0.15, 0.2) is 18.2 Å². The van der Waals surface area contributed by atoms with E-state index < -0.39 is 35.8 Å². The molecule has 2 aliphatic rings. The van der Waals surface area contributed by atoms with Crippen molar-refractivity contribution in [3.8, 4) is 11.8 Å². The summed E-state index contributed by atoms with van der Waals surface area (Å²) in [5.74, 6) is 3.48. The molecule has 1 fully saturated rings. The number of amides is 5. The van der Waals surface area contributed by atoms with Gasteiger partial charge in [0.2, 0.25) is 11.8 Å². The SMILES string of the molecule is CC(C)(C)C(COC(N)=O)OCCOCC#Cc1ccc2c(c1)C(=O)N(C1CCC(=O)NC1=O)C2=O. The average Bonchev–Trinajstić information content (AvgIpc) is 3.04. The minimum absolute atomic E-state index is 0.0408. The number of ether oxygens (including phenoxy) is 3. The Morgan fingerprint density at radius 1 is 1.17 bits per heavy atom. The van der Waals surface area contributed by atoms with E-state index in [2.05, 4.69) is 17.2 Å². The fourth-order valence-corrected chi connectivity index (χ4v) is 3.77. The number of rotatable bonds is 8. The number of piperidine rings is 1. The number of hydrogen-bond donors (Lipinski definition) is 2. The van der Waals surface area contributed by atoms with Gasteiger partial charge in [0.05, 0.1) is 30.4 Å². The van der Waals surface area contributed by atoms with Crippen molar-refractivity contribution in [3.63, 3.8) is 0 Å². The van der Waals surface area contributed by atoms with E-state index in [0.717, 1.165) is 4.90 Å². The maximum absolute atomic E-state index is 12.9. The van der Waals surface area contributed by atoms with Crippen molar-refractivity contribution in [2.75, 3.05) is 26.4 Å². The molecule has 0 aromatic heterocycles. The summed E-state index contributed by atoms with van der Waals surface area (Å²) in [5.41, 5.74) is 5.61. The Hall–Kier alpha value is -3.75. The topological polar surface area (TPSA) is 154 Å². The lowest BCUT2D eigenvalue weighted by atomic mass is 9.89. The largest absolute Gasteiger partial charge is 0.447 e. The Morgan fingerprint density at radius 2 is 1.89 bits per heavy atom. The molecule has 0 spiro atoms. The normalized spacial score (nSPS) is 18.3. The molecule has 192 valence electrons. The number of carbonyl (C=O) groups excluding carboxylic acids is 5. The Bertz CT molecular complexity index is 1130. The molecule has 11 nitrogen and oxygen atoms in total. The van der Waals surface area contributed by atoms with E-state index in [9.17, 15) is 24.0 Å². The van der Waals surface area contributed by atoms with Gasteiger partial charge in [0, 0.05) is 12.0 Å². The number of carbonyl (C=O) groups is 5. The lowest BCUT2D eigenvalue weighted by molar-refractivity contribution is -0.136. The highest BCUT2D eigenvalue weighted by molar-refractivity contribution is 6.23. The van der Waals surface area contributed by atoms with Crippen molar-refractivity contribution in [3.05, 3.63) is 34.9 Å². The van der Waals surface area contributed by atoms with Crippen LogP contribution in [-0.4, -0.2) is 73.2 Å². The molecule has 36 heavy (non-hydrogen) atoms. The number of imide groups is 2. The molecule has 3 N–H and O–H groups in total. The Balaban J connectivity index is 1.52. The zero-order chi connectivity index (χ0) is 26.5. The minimum atomic E-state index is -1.01. The second-order valence-corrected chi connectivity index (χ2v) is 9.42. The molecule has 1 saturated heterocycles. The quantitative estimate of drug-likeness (QED) is 0.305. The lowest BCUT2D eigenvalue weighted by Crippen LogP contribution is -2.54. The van der Waals surface area contributed by atoms with Crippen LogP contribution in [0.4, 0.5) is 4.79 Å². The summed E-state index contributed by atoms with van der Waals surface area (Å²) < 4.78 is 16.0. The smallest absolute Gasteiger partial charge is 0.404 e. The van der Waals surface area contributed by atoms with Crippen molar-refractivity contribution in [1.29, 1.82) is 0 Å². The zero-order valence-corrected chi connectivity index (χ0v) is 20.4. The van der Waals surface area contributed by atoms with Crippen molar-refractivity contribution in [1.82, 2.24) is 10.2 Å². The number of benzene rings is 1. The second kappa shape index (κ2) is 11.3. The van der Waals surface area contributed by atoms with Crippen LogP contribution in [-0.2, 0) is 23.8 Å². The van der Waals surface area contributed by atoms with Gasteiger partial charge in [-0.2, -0.15) is 0 Å². The number of nitrogens with zero attached hydrogens (tertiary/aromatic N) is 1. The van der Waals surface area contributed by atoms with Crippen LogP contribution in [0.2, 0.25) is 0 Å². The predicted molar refractivity (Wildman–Crippen MR) is 126 cm³/mol. The van der Waals surface area contributed by atoms with Gasteiger partial charge >= 0.3 is 6.09 Å². The Morgan fingerprint density at radius 3 is 2.56 bits per heavy atom. The molecule has 2 heterocycles. The van der Waals surface area contributed by atoms with Crippen LogP contribution in [0.3, 0.4) is 0 Å². The first-order valence-corrected chi connectivity index (χ1v) is 11.4. The van der Waals surface area contributed by atoms with Gasteiger partial charge in [-0.05, 0) is 30.0 Å². The van der Waals surface area contributed by atoms with Gasteiger partial charge in [0.15, 0.2) is 0 Å². The van der Waals surface area contributed by atoms with Crippen molar-refractivity contribution in [2.24, 2.45) is 11.1 Å². The third kappa shape index (κ3) is 6.47. The molecule has 2 unspecified atom stereocenters. The lowest BCUT2D eigenvalue weighted by Gasteiger charge is -2.29. The molecule has 1 aromatic rings. The second-order valence-electron chi connectivity index (χ2n) is 9.42. The number of hydrogen-bond acceptors (Lipinski definition) is 8. The van der Waals surface area contributed by atoms with Crippen LogP contribution in [0.25, 0.3) is 0 Å². The molecule has 2 atom stereocenters. The van der Waals surface area contributed by atoms with Gasteiger partial charge in [-0.25, -0.2) is 4.79 Å². The molecule has 0 aliphatic carbocycles. The van der Waals surface area contributed by atoms with Gasteiger partial charge in [-0.15, -0.1) is 0 Å². The molecule has 11 heteroatoms. The van der Waals surface area contributed by atoms with E-state index in [1.165, 1.54) is 12.1 Å². The van der Waals surface area contributed by atoms with Gasteiger partial charge in [-0.3, -0.25) is 29.4 Å². The highest BCUT2D eigenvalue weighted by atomic mass is 16.6.